The fraction of sp³-hybridized carbons (Fsp3) is 0.300. The van der Waals surface area contributed by atoms with Crippen LogP contribution in [0, 0.1) is 6.92 Å². The maximum atomic E-state index is 9.32. The highest BCUT2D eigenvalue weighted by Gasteiger charge is 1.72. The Morgan fingerprint density at radius 3 is 2.08 bits per heavy atom. The van der Waals surface area contributed by atoms with Gasteiger partial charge in [-0.05, 0) is 6.92 Å². The number of carbonyl (C=O) groups excluding carboxylic acids is 1. The van der Waals surface area contributed by atoms with Gasteiger partial charge in [0.25, 0.3) is 0 Å². The van der Waals surface area contributed by atoms with E-state index < -0.39 is 0 Å². The number of alkyl halides is 1. The molecule has 0 N–H and O–H groups in total. The second-order valence-corrected chi connectivity index (χ2v) is 2.68. The summed E-state index contributed by atoms with van der Waals surface area (Å²) in [6, 6.07) is 10.3. The average Bonchev–Trinajstić information content (AvgIpc) is 2.08. The zero-order valence-corrected chi connectivity index (χ0v) is 7.92. The fourth-order valence-corrected chi connectivity index (χ4v) is 0.668. The summed E-state index contributed by atoms with van der Waals surface area (Å²) < 4.78 is 0. The van der Waals surface area contributed by atoms with Crippen LogP contribution in [-0.4, -0.2) is 12.2 Å². The average molecular weight is 185 g/mol. The fourth-order valence-electron chi connectivity index (χ4n) is 0.579. The number of halogens is 1. The Bertz CT molecular complexity index is 196. The molecule has 0 radical (unpaired) electrons. The van der Waals surface area contributed by atoms with Gasteiger partial charge in [-0.15, -0.1) is 11.6 Å². The van der Waals surface area contributed by atoms with E-state index in [0.29, 0.717) is 12.3 Å². The van der Waals surface area contributed by atoms with Crippen molar-refractivity contribution in [1.82, 2.24) is 0 Å². The van der Waals surface area contributed by atoms with Gasteiger partial charge >= 0.3 is 0 Å². The Kier molecular flexibility index (Phi) is 7.71. The van der Waals surface area contributed by atoms with Crippen LogP contribution in [-0.2, 0) is 4.79 Å². The van der Waals surface area contributed by atoms with E-state index in [-0.39, 0.29) is 0 Å². The van der Waals surface area contributed by atoms with Crippen LogP contribution in [0.2, 0.25) is 0 Å². The van der Waals surface area contributed by atoms with Crippen LogP contribution >= 0.6 is 11.6 Å². The largest absolute Gasteiger partial charge is 0.303 e. The number of rotatable bonds is 2. The van der Waals surface area contributed by atoms with Crippen molar-refractivity contribution < 1.29 is 4.79 Å². The molecule has 1 rings (SSSR count). The SMILES string of the molecule is Cc1ccccc1.O=CCCCl. The van der Waals surface area contributed by atoms with E-state index in [0.717, 1.165) is 6.29 Å². The minimum absolute atomic E-state index is 0.448. The van der Waals surface area contributed by atoms with Crippen LogP contribution in [0.15, 0.2) is 30.3 Å². The van der Waals surface area contributed by atoms with Crippen molar-refractivity contribution in [2.75, 3.05) is 5.88 Å². The summed E-state index contributed by atoms with van der Waals surface area (Å²) in [5.74, 6) is 0.448. The Morgan fingerprint density at radius 1 is 1.33 bits per heavy atom. The Balaban J connectivity index is 0.000000217. The number of hydrogen-bond acceptors (Lipinski definition) is 1. The third-order valence-corrected chi connectivity index (χ3v) is 1.39. The van der Waals surface area contributed by atoms with Gasteiger partial charge in [-0.3, -0.25) is 0 Å². The molecule has 66 valence electrons. The first-order chi connectivity index (χ1) is 5.81. The molecule has 0 heterocycles. The van der Waals surface area contributed by atoms with Gasteiger partial charge < -0.3 is 4.79 Å². The minimum atomic E-state index is 0.448. The molecule has 12 heavy (non-hydrogen) atoms. The lowest BCUT2D eigenvalue weighted by Crippen LogP contribution is -1.70. The van der Waals surface area contributed by atoms with Crippen LogP contribution in [0.25, 0.3) is 0 Å². The first kappa shape index (κ1) is 11.2. The molecule has 0 fully saturated rings. The van der Waals surface area contributed by atoms with Crippen molar-refractivity contribution in [3.8, 4) is 0 Å². The summed E-state index contributed by atoms with van der Waals surface area (Å²) in [7, 11) is 0. The quantitative estimate of drug-likeness (QED) is 0.510. The van der Waals surface area contributed by atoms with Crippen molar-refractivity contribution >= 4 is 17.9 Å². The molecule has 0 aliphatic heterocycles. The molecule has 0 spiro atoms. The van der Waals surface area contributed by atoms with Crippen molar-refractivity contribution in [2.24, 2.45) is 0 Å². The topological polar surface area (TPSA) is 17.1 Å². The van der Waals surface area contributed by atoms with Gasteiger partial charge in [0.2, 0.25) is 0 Å². The number of benzene rings is 1. The molecule has 0 unspecified atom stereocenters. The monoisotopic (exact) mass is 184 g/mol. The van der Waals surface area contributed by atoms with E-state index in [1.165, 1.54) is 5.56 Å². The lowest BCUT2D eigenvalue weighted by molar-refractivity contribution is -0.107. The van der Waals surface area contributed by atoms with E-state index in [4.69, 9.17) is 11.6 Å². The zero-order chi connectivity index (χ0) is 9.23. The summed E-state index contributed by atoms with van der Waals surface area (Å²) in [5.41, 5.74) is 1.32. The highest BCUT2D eigenvalue weighted by atomic mass is 35.5. The van der Waals surface area contributed by atoms with Crippen molar-refractivity contribution in [3.63, 3.8) is 0 Å². The van der Waals surface area contributed by atoms with Crippen LogP contribution in [0.5, 0.6) is 0 Å². The van der Waals surface area contributed by atoms with Crippen molar-refractivity contribution in [2.45, 2.75) is 13.3 Å². The normalized spacial score (nSPS) is 8.17. The van der Waals surface area contributed by atoms with Crippen molar-refractivity contribution in [3.05, 3.63) is 35.9 Å². The first-order valence-electron chi connectivity index (χ1n) is 3.82. The van der Waals surface area contributed by atoms with E-state index in [2.05, 4.69) is 19.1 Å². The lowest BCUT2D eigenvalue weighted by Gasteiger charge is -1.82. The maximum absolute atomic E-state index is 9.32. The van der Waals surface area contributed by atoms with Crippen LogP contribution in [0.3, 0.4) is 0 Å². The van der Waals surface area contributed by atoms with Gasteiger partial charge in [-0.2, -0.15) is 0 Å². The molecule has 1 nitrogen and oxygen atoms in total. The molecule has 0 aliphatic carbocycles. The summed E-state index contributed by atoms with van der Waals surface area (Å²) in [4.78, 5) is 9.32. The molecule has 0 bridgehead atoms. The second-order valence-electron chi connectivity index (χ2n) is 2.30. The smallest absolute Gasteiger partial charge is 0.121 e. The maximum Gasteiger partial charge on any atom is 0.121 e. The number of hydrogen-bond donors (Lipinski definition) is 0. The highest BCUT2D eigenvalue weighted by Crippen LogP contribution is 1.92. The third-order valence-electron chi connectivity index (χ3n) is 1.17. The molecular formula is C10H13ClO. The summed E-state index contributed by atoms with van der Waals surface area (Å²) in [6.45, 7) is 2.08. The molecule has 0 aromatic heterocycles. The molecule has 1 aromatic carbocycles. The van der Waals surface area contributed by atoms with Crippen LogP contribution in [0.4, 0.5) is 0 Å². The van der Waals surface area contributed by atoms with Gasteiger partial charge in [-0.1, -0.05) is 35.9 Å². The Hall–Kier alpha value is -0.820. The van der Waals surface area contributed by atoms with E-state index in [1.807, 2.05) is 18.2 Å². The molecule has 0 saturated carbocycles. The van der Waals surface area contributed by atoms with Gasteiger partial charge in [0.15, 0.2) is 0 Å². The number of carbonyl (C=O) groups is 1. The Morgan fingerprint density at radius 2 is 1.92 bits per heavy atom. The van der Waals surface area contributed by atoms with Gasteiger partial charge in [-0.25, -0.2) is 0 Å². The van der Waals surface area contributed by atoms with Gasteiger partial charge in [0.1, 0.15) is 6.29 Å². The number of aldehydes is 1. The predicted molar refractivity (Wildman–Crippen MR) is 52.6 cm³/mol. The molecule has 0 saturated heterocycles. The predicted octanol–water partition coefficient (Wildman–Crippen LogP) is 2.81. The summed E-state index contributed by atoms with van der Waals surface area (Å²) >= 11 is 5.07. The van der Waals surface area contributed by atoms with Crippen LogP contribution in [0.1, 0.15) is 12.0 Å². The molecule has 0 amide bonds. The molecule has 0 atom stereocenters. The van der Waals surface area contributed by atoms with E-state index >= 15 is 0 Å². The highest BCUT2D eigenvalue weighted by molar-refractivity contribution is 6.18. The van der Waals surface area contributed by atoms with E-state index in [1.54, 1.807) is 0 Å². The molecule has 2 heteroatoms. The molecular weight excluding hydrogens is 172 g/mol. The third kappa shape index (κ3) is 7.29. The van der Waals surface area contributed by atoms with Gasteiger partial charge in [0.05, 0.1) is 0 Å². The van der Waals surface area contributed by atoms with Crippen LogP contribution < -0.4 is 0 Å². The lowest BCUT2D eigenvalue weighted by atomic mass is 10.2. The number of aryl methyl sites for hydroxylation is 1. The second kappa shape index (κ2) is 8.28. The van der Waals surface area contributed by atoms with Gasteiger partial charge in [0, 0.05) is 12.3 Å². The Labute approximate surface area is 78.4 Å². The molecule has 0 aliphatic rings. The summed E-state index contributed by atoms with van der Waals surface area (Å²) in [6.07, 6.45) is 1.27. The summed E-state index contributed by atoms with van der Waals surface area (Å²) in [5, 5.41) is 0. The minimum Gasteiger partial charge on any atom is -0.303 e. The standard InChI is InChI=1S/C7H8.C3H5ClO/c1-7-5-3-2-4-6-7;4-2-1-3-5/h2-6H,1H3;3H,1-2H2. The molecule has 1 aromatic rings. The first-order valence-corrected chi connectivity index (χ1v) is 4.36. The van der Waals surface area contributed by atoms with E-state index in [9.17, 15) is 4.79 Å². The van der Waals surface area contributed by atoms with Crippen molar-refractivity contribution in [1.29, 1.82) is 0 Å². The zero-order valence-electron chi connectivity index (χ0n) is 7.16.